The van der Waals surface area contributed by atoms with Gasteiger partial charge in [0.25, 0.3) is 0 Å². The molecule has 6 nitrogen and oxygen atoms in total. The fraction of sp³-hybridized carbons (Fsp3) is 0.222. The smallest absolute Gasteiger partial charge is 0.247 e. The Bertz CT molecular complexity index is 1050. The average molecular weight is 460 g/mol. The monoisotopic (exact) mass is 459 g/mol. The van der Waals surface area contributed by atoms with Gasteiger partial charge in [-0.05, 0) is 48.6 Å². The van der Waals surface area contributed by atoms with Crippen LogP contribution in [0.25, 0.3) is 22.2 Å². The molecule has 0 bridgehead atoms. The largest absolute Gasteiger partial charge is 0.420 e. The molecule has 9 heteroatoms. The minimum Gasteiger partial charge on any atom is -0.420 e. The van der Waals surface area contributed by atoms with E-state index in [0.29, 0.717) is 23.6 Å². The van der Waals surface area contributed by atoms with Gasteiger partial charge in [0.05, 0.1) is 10.6 Å². The quantitative estimate of drug-likeness (QED) is 0.357. The molecule has 0 atom stereocenters. The number of nitrogens with zero attached hydrogens (tertiary/aromatic N) is 5. The van der Waals surface area contributed by atoms with Crippen molar-refractivity contribution in [2.75, 3.05) is 0 Å². The lowest BCUT2D eigenvalue weighted by molar-refractivity contribution is 0.528. The molecule has 0 unspecified atom stereocenters. The maximum absolute atomic E-state index is 5.81. The van der Waals surface area contributed by atoms with Gasteiger partial charge >= 0.3 is 0 Å². The molecule has 136 valence electrons. The first kappa shape index (κ1) is 17.2. The van der Waals surface area contributed by atoms with E-state index >= 15 is 0 Å². The molecule has 1 fully saturated rings. The van der Waals surface area contributed by atoms with Crippen LogP contribution in [0.1, 0.15) is 24.8 Å². The van der Waals surface area contributed by atoms with Crippen LogP contribution in [0.3, 0.4) is 0 Å². The van der Waals surface area contributed by atoms with E-state index in [1.54, 1.807) is 23.1 Å². The zero-order chi connectivity index (χ0) is 18.2. The van der Waals surface area contributed by atoms with E-state index in [2.05, 4.69) is 52.3 Å². The van der Waals surface area contributed by atoms with Crippen molar-refractivity contribution < 1.29 is 4.42 Å². The molecule has 0 amide bonds. The van der Waals surface area contributed by atoms with E-state index in [-0.39, 0.29) is 0 Å². The summed E-state index contributed by atoms with van der Waals surface area (Å²) in [5.41, 5.74) is 0.906. The Labute approximate surface area is 172 Å². The number of aromatic nitrogens is 5. The summed E-state index contributed by atoms with van der Waals surface area (Å²) in [6, 6.07) is 12.4. The van der Waals surface area contributed by atoms with Crippen LogP contribution in [-0.2, 0) is 5.75 Å². The molecule has 3 heterocycles. The van der Waals surface area contributed by atoms with Crippen LogP contribution in [0.5, 0.6) is 0 Å². The minimum absolute atomic E-state index is 0.501. The van der Waals surface area contributed by atoms with Gasteiger partial charge in [0.1, 0.15) is 0 Å². The van der Waals surface area contributed by atoms with Crippen LogP contribution in [0.2, 0.25) is 0 Å². The van der Waals surface area contributed by atoms with E-state index in [4.69, 9.17) is 4.42 Å². The van der Waals surface area contributed by atoms with Gasteiger partial charge in [-0.3, -0.25) is 4.57 Å². The zero-order valence-electron chi connectivity index (χ0n) is 14.1. The highest BCUT2D eigenvalue weighted by molar-refractivity contribution is 9.10. The van der Waals surface area contributed by atoms with Crippen molar-refractivity contribution in [3.05, 3.63) is 52.1 Å². The van der Waals surface area contributed by atoms with Gasteiger partial charge in [-0.2, -0.15) is 0 Å². The van der Waals surface area contributed by atoms with Crippen molar-refractivity contribution in [3.8, 4) is 22.2 Å². The predicted octanol–water partition coefficient (Wildman–Crippen LogP) is 5.45. The number of thioether (sulfide) groups is 1. The Balaban J connectivity index is 1.34. The average Bonchev–Trinajstić information content (AvgIpc) is 3.10. The molecule has 1 aliphatic carbocycles. The van der Waals surface area contributed by atoms with Crippen molar-refractivity contribution in [1.82, 2.24) is 25.0 Å². The summed E-state index contributed by atoms with van der Waals surface area (Å²) in [4.78, 5) is 1.15. The van der Waals surface area contributed by atoms with Gasteiger partial charge < -0.3 is 4.42 Å². The van der Waals surface area contributed by atoms with Crippen LogP contribution in [0.15, 0.2) is 55.8 Å². The first-order chi connectivity index (χ1) is 13.3. The molecule has 0 N–H and O–H groups in total. The van der Waals surface area contributed by atoms with Gasteiger partial charge in [0, 0.05) is 16.1 Å². The van der Waals surface area contributed by atoms with E-state index in [1.165, 1.54) is 12.8 Å². The molecular weight excluding hydrogens is 446 g/mol. The number of halogens is 1. The highest BCUT2D eigenvalue weighted by atomic mass is 79.9. The lowest BCUT2D eigenvalue weighted by Gasteiger charge is -2.06. The third kappa shape index (κ3) is 3.59. The zero-order valence-corrected chi connectivity index (χ0v) is 17.3. The van der Waals surface area contributed by atoms with Crippen molar-refractivity contribution >= 4 is 39.0 Å². The summed E-state index contributed by atoms with van der Waals surface area (Å²) in [5, 5.41) is 20.1. The Morgan fingerprint density at radius 1 is 1.11 bits per heavy atom. The normalized spacial score (nSPS) is 14.0. The second-order valence-electron chi connectivity index (χ2n) is 6.18. The van der Waals surface area contributed by atoms with Crippen molar-refractivity contribution in [3.63, 3.8) is 0 Å². The van der Waals surface area contributed by atoms with E-state index in [1.807, 2.05) is 30.3 Å². The number of benzene rings is 1. The Kier molecular flexibility index (Phi) is 4.58. The maximum Gasteiger partial charge on any atom is 0.247 e. The molecular formula is C18H14BrN5OS2. The second-order valence-corrected chi connectivity index (χ2v) is 8.99. The fourth-order valence-electron chi connectivity index (χ4n) is 2.76. The molecule has 5 rings (SSSR count). The van der Waals surface area contributed by atoms with Gasteiger partial charge in [0.15, 0.2) is 11.0 Å². The standard InChI is InChI=1S/C18H14BrN5OS2/c19-12-5-3-11(4-6-12)17-22-20-15(25-17)10-27-18-23-21-16(14-2-1-9-26-14)24(18)13-7-8-13/h1-6,9,13H,7-8,10H2. The molecule has 1 aliphatic rings. The van der Waals surface area contributed by atoms with Gasteiger partial charge in [0.2, 0.25) is 11.8 Å². The Morgan fingerprint density at radius 3 is 2.70 bits per heavy atom. The van der Waals surface area contributed by atoms with Gasteiger partial charge in [-0.1, -0.05) is 33.8 Å². The second kappa shape index (κ2) is 7.21. The third-order valence-corrected chi connectivity index (χ3v) is 6.52. The topological polar surface area (TPSA) is 69.6 Å². The summed E-state index contributed by atoms with van der Waals surface area (Å²) in [6.07, 6.45) is 2.36. The van der Waals surface area contributed by atoms with Crippen LogP contribution in [-0.4, -0.2) is 25.0 Å². The van der Waals surface area contributed by atoms with Gasteiger partial charge in [-0.25, -0.2) is 0 Å². The van der Waals surface area contributed by atoms with E-state index < -0.39 is 0 Å². The molecule has 0 saturated heterocycles. The lowest BCUT2D eigenvalue weighted by atomic mass is 10.2. The van der Waals surface area contributed by atoms with Gasteiger partial charge in [-0.15, -0.1) is 31.7 Å². The molecule has 0 aliphatic heterocycles. The SMILES string of the molecule is Brc1ccc(-c2nnc(CSc3nnc(-c4cccs4)n3C3CC3)o2)cc1. The molecule has 1 saturated carbocycles. The Hall–Kier alpha value is -1.97. The summed E-state index contributed by atoms with van der Waals surface area (Å²) in [6.45, 7) is 0. The third-order valence-electron chi connectivity index (χ3n) is 4.20. The molecule has 1 aromatic carbocycles. The molecule has 0 radical (unpaired) electrons. The fourth-order valence-corrected chi connectivity index (χ4v) is 4.57. The lowest BCUT2D eigenvalue weighted by Crippen LogP contribution is -1.99. The summed E-state index contributed by atoms with van der Waals surface area (Å²) in [5.74, 6) is 2.64. The van der Waals surface area contributed by atoms with Crippen LogP contribution < -0.4 is 0 Å². The van der Waals surface area contributed by atoms with Crippen LogP contribution in [0, 0.1) is 0 Å². The minimum atomic E-state index is 0.501. The molecule has 3 aromatic heterocycles. The summed E-state index contributed by atoms with van der Waals surface area (Å²) >= 11 is 6.71. The van der Waals surface area contributed by atoms with Crippen LogP contribution in [0.4, 0.5) is 0 Å². The molecule has 0 spiro atoms. The molecule has 27 heavy (non-hydrogen) atoms. The maximum atomic E-state index is 5.81. The number of hydrogen-bond donors (Lipinski definition) is 0. The van der Waals surface area contributed by atoms with Crippen molar-refractivity contribution in [2.45, 2.75) is 29.8 Å². The van der Waals surface area contributed by atoms with E-state index in [9.17, 15) is 0 Å². The van der Waals surface area contributed by atoms with Crippen LogP contribution >= 0.6 is 39.0 Å². The highest BCUT2D eigenvalue weighted by Crippen LogP contribution is 2.42. The van der Waals surface area contributed by atoms with Crippen molar-refractivity contribution in [2.24, 2.45) is 0 Å². The predicted molar refractivity (Wildman–Crippen MR) is 109 cm³/mol. The first-order valence-corrected chi connectivity index (χ1v) is 11.1. The summed E-state index contributed by atoms with van der Waals surface area (Å²) in [7, 11) is 0. The number of rotatable bonds is 6. The number of hydrogen-bond acceptors (Lipinski definition) is 7. The van der Waals surface area contributed by atoms with E-state index in [0.717, 1.165) is 25.9 Å². The number of thiophene rings is 1. The van der Waals surface area contributed by atoms with Crippen molar-refractivity contribution in [1.29, 1.82) is 0 Å². The Morgan fingerprint density at radius 2 is 1.96 bits per heavy atom. The first-order valence-electron chi connectivity index (χ1n) is 8.48. The summed E-state index contributed by atoms with van der Waals surface area (Å²) < 4.78 is 9.08. The highest BCUT2D eigenvalue weighted by Gasteiger charge is 2.30. The molecule has 4 aromatic rings.